The Labute approximate surface area is 122 Å². The van der Waals surface area contributed by atoms with Crippen molar-refractivity contribution in [3.63, 3.8) is 0 Å². The normalized spacial score (nSPS) is 14.2. The molecule has 0 amide bonds. The highest BCUT2D eigenvalue weighted by Crippen LogP contribution is 2.36. The minimum atomic E-state index is -4.49. The van der Waals surface area contributed by atoms with Crippen LogP contribution < -0.4 is 0 Å². The molecule has 0 fully saturated rings. The molecule has 1 unspecified atom stereocenters. The molecule has 1 rings (SSSR count). The first-order valence-corrected chi connectivity index (χ1v) is 6.41. The Hall–Kier alpha value is -1.55. The van der Waals surface area contributed by atoms with Crippen molar-refractivity contribution in [2.75, 3.05) is 6.61 Å². The van der Waals surface area contributed by atoms with Crippen LogP contribution in [0.25, 0.3) is 0 Å². The van der Waals surface area contributed by atoms with E-state index in [0.717, 1.165) is 18.2 Å². The zero-order chi connectivity index (χ0) is 15.6. The van der Waals surface area contributed by atoms with Gasteiger partial charge in [-0.15, -0.1) is 0 Å². The van der Waals surface area contributed by atoms with E-state index in [1.165, 1.54) is 6.92 Å². The zero-order valence-electron chi connectivity index (χ0n) is 10.7. The average molecular weight is 350 g/mol. The van der Waals surface area contributed by atoms with Gasteiger partial charge in [-0.25, -0.2) is 4.79 Å². The van der Waals surface area contributed by atoms with Gasteiger partial charge in [0.25, 0.3) is 0 Å². The lowest BCUT2D eigenvalue weighted by Crippen LogP contribution is -2.33. The summed E-state index contributed by atoms with van der Waals surface area (Å²) in [6, 6.07) is 4.56. The van der Waals surface area contributed by atoms with Crippen LogP contribution in [0.2, 0.25) is 0 Å². The molecule has 0 N–H and O–H groups in total. The predicted molar refractivity (Wildman–Crippen MR) is 68.7 cm³/mol. The molecule has 3 nitrogen and oxygen atoms in total. The summed E-state index contributed by atoms with van der Waals surface area (Å²) in [5, 5.41) is 9.20. The van der Waals surface area contributed by atoms with Crippen molar-refractivity contribution in [1.82, 2.24) is 0 Å². The fourth-order valence-corrected chi connectivity index (χ4v) is 2.36. The number of rotatable bonds is 3. The van der Waals surface area contributed by atoms with E-state index in [1.807, 2.05) is 0 Å². The van der Waals surface area contributed by atoms with Crippen LogP contribution in [0.4, 0.5) is 13.2 Å². The Bertz CT molecular complexity index is 566. The molecule has 1 atom stereocenters. The van der Waals surface area contributed by atoms with Gasteiger partial charge in [-0.05, 0) is 31.5 Å². The summed E-state index contributed by atoms with van der Waals surface area (Å²) in [5.74, 6) is -0.803. The van der Waals surface area contributed by atoms with E-state index < -0.39 is 23.1 Å². The van der Waals surface area contributed by atoms with Crippen LogP contribution in [0.1, 0.15) is 25.0 Å². The standard InChI is InChI=1S/C13H11BrF3NO2/c1-3-20-11(19)12(2,7-18)9-5-4-8(6-10(9)14)13(15,16)17/h4-6H,3H2,1-2H3. The minimum Gasteiger partial charge on any atom is -0.465 e. The van der Waals surface area contributed by atoms with E-state index in [2.05, 4.69) is 15.9 Å². The number of ether oxygens (including phenoxy) is 1. The Balaban J connectivity index is 3.32. The van der Waals surface area contributed by atoms with Crippen molar-refractivity contribution in [2.24, 2.45) is 0 Å². The Morgan fingerprint density at radius 1 is 1.45 bits per heavy atom. The highest BCUT2D eigenvalue weighted by atomic mass is 79.9. The molecule has 0 radical (unpaired) electrons. The molecule has 0 aliphatic heterocycles. The fraction of sp³-hybridized carbons (Fsp3) is 0.385. The summed E-state index contributed by atoms with van der Waals surface area (Å²) in [6.07, 6.45) is -4.49. The van der Waals surface area contributed by atoms with Crippen molar-refractivity contribution in [2.45, 2.75) is 25.4 Å². The lowest BCUT2D eigenvalue weighted by Gasteiger charge is -2.22. The average Bonchev–Trinajstić information content (AvgIpc) is 2.36. The van der Waals surface area contributed by atoms with Crippen molar-refractivity contribution in [3.8, 4) is 6.07 Å². The third-order valence-electron chi connectivity index (χ3n) is 2.74. The number of halogens is 4. The van der Waals surface area contributed by atoms with Crippen LogP contribution in [0.5, 0.6) is 0 Å². The van der Waals surface area contributed by atoms with Gasteiger partial charge in [-0.2, -0.15) is 18.4 Å². The molecule has 0 saturated heterocycles. The van der Waals surface area contributed by atoms with Gasteiger partial charge in [-0.1, -0.05) is 22.0 Å². The van der Waals surface area contributed by atoms with Crippen LogP contribution in [0.15, 0.2) is 22.7 Å². The molecule has 108 valence electrons. The van der Waals surface area contributed by atoms with Crippen LogP contribution >= 0.6 is 15.9 Å². The first kappa shape index (κ1) is 16.5. The smallest absolute Gasteiger partial charge is 0.416 e. The van der Waals surface area contributed by atoms with Gasteiger partial charge in [0.15, 0.2) is 5.41 Å². The van der Waals surface area contributed by atoms with Crippen molar-refractivity contribution in [1.29, 1.82) is 5.26 Å². The molecule has 0 aromatic heterocycles. The number of esters is 1. The molecular weight excluding hydrogens is 339 g/mol. The summed E-state index contributed by atoms with van der Waals surface area (Å²) in [7, 11) is 0. The first-order chi connectivity index (χ1) is 9.16. The number of benzene rings is 1. The lowest BCUT2D eigenvalue weighted by atomic mass is 9.83. The third kappa shape index (κ3) is 3.12. The number of hydrogen-bond donors (Lipinski definition) is 0. The molecule has 7 heteroatoms. The molecule has 20 heavy (non-hydrogen) atoms. The number of hydrogen-bond acceptors (Lipinski definition) is 3. The predicted octanol–water partition coefficient (Wildman–Crippen LogP) is 3.81. The summed E-state index contributed by atoms with van der Waals surface area (Å²) in [4.78, 5) is 11.8. The third-order valence-corrected chi connectivity index (χ3v) is 3.40. The molecule has 0 bridgehead atoms. The van der Waals surface area contributed by atoms with Gasteiger partial charge in [0.2, 0.25) is 0 Å². The van der Waals surface area contributed by atoms with Gasteiger partial charge in [0, 0.05) is 4.47 Å². The summed E-state index contributed by atoms with van der Waals surface area (Å²) < 4.78 is 42.6. The van der Waals surface area contributed by atoms with E-state index in [4.69, 9.17) is 4.74 Å². The van der Waals surface area contributed by atoms with Crippen molar-refractivity contribution < 1.29 is 22.7 Å². The largest absolute Gasteiger partial charge is 0.465 e. The van der Waals surface area contributed by atoms with Gasteiger partial charge in [0.05, 0.1) is 18.2 Å². The number of alkyl halides is 3. The van der Waals surface area contributed by atoms with Gasteiger partial charge >= 0.3 is 12.1 Å². The summed E-state index contributed by atoms with van der Waals surface area (Å²) >= 11 is 2.98. The lowest BCUT2D eigenvalue weighted by molar-refractivity contribution is -0.147. The van der Waals surface area contributed by atoms with Gasteiger partial charge in [0.1, 0.15) is 0 Å². The maximum atomic E-state index is 12.6. The van der Waals surface area contributed by atoms with Crippen LogP contribution in [-0.2, 0) is 21.1 Å². The molecular formula is C13H11BrF3NO2. The van der Waals surface area contributed by atoms with E-state index in [9.17, 15) is 23.2 Å². The number of nitriles is 1. The number of carbonyl (C=O) groups excluding carboxylic acids is 1. The second-order valence-corrected chi connectivity index (χ2v) is 5.00. The van der Waals surface area contributed by atoms with E-state index in [0.29, 0.717) is 0 Å². The van der Waals surface area contributed by atoms with Gasteiger partial charge in [-0.3, -0.25) is 0 Å². The topological polar surface area (TPSA) is 50.1 Å². The first-order valence-electron chi connectivity index (χ1n) is 5.62. The van der Waals surface area contributed by atoms with E-state index >= 15 is 0 Å². The molecule has 0 heterocycles. The molecule has 0 saturated carbocycles. The maximum absolute atomic E-state index is 12.6. The summed E-state index contributed by atoms with van der Waals surface area (Å²) in [6.45, 7) is 2.96. The van der Waals surface area contributed by atoms with Gasteiger partial charge < -0.3 is 4.74 Å². The molecule has 0 aliphatic carbocycles. The number of carbonyl (C=O) groups is 1. The minimum absolute atomic E-state index is 0.0319. The summed E-state index contributed by atoms with van der Waals surface area (Å²) in [5.41, 5.74) is -2.40. The Morgan fingerprint density at radius 2 is 2.05 bits per heavy atom. The van der Waals surface area contributed by atoms with Crippen LogP contribution in [-0.4, -0.2) is 12.6 Å². The van der Waals surface area contributed by atoms with Crippen molar-refractivity contribution >= 4 is 21.9 Å². The molecule has 1 aromatic carbocycles. The zero-order valence-corrected chi connectivity index (χ0v) is 12.3. The van der Waals surface area contributed by atoms with Crippen LogP contribution in [0, 0.1) is 11.3 Å². The van der Waals surface area contributed by atoms with E-state index in [1.54, 1.807) is 13.0 Å². The Morgan fingerprint density at radius 3 is 2.45 bits per heavy atom. The monoisotopic (exact) mass is 349 g/mol. The van der Waals surface area contributed by atoms with Crippen LogP contribution in [0.3, 0.4) is 0 Å². The maximum Gasteiger partial charge on any atom is 0.416 e. The SMILES string of the molecule is CCOC(=O)C(C)(C#N)c1ccc(C(F)(F)F)cc1Br. The number of nitrogens with zero attached hydrogens (tertiary/aromatic N) is 1. The molecule has 0 spiro atoms. The molecule has 0 aliphatic rings. The molecule has 1 aromatic rings. The highest BCUT2D eigenvalue weighted by Gasteiger charge is 2.40. The second kappa shape index (κ2) is 5.83. The van der Waals surface area contributed by atoms with E-state index in [-0.39, 0.29) is 16.6 Å². The quantitative estimate of drug-likeness (QED) is 0.779. The Kier molecular flexibility index (Phi) is 4.81. The van der Waals surface area contributed by atoms with Crippen molar-refractivity contribution in [3.05, 3.63) is 33.8 Å². The fourth-order valence-electron chi connectivity index (χ4n) is 1.59. The second-order valence-electron chi connectivity index (χ2n) is 4.15. The highest BCUT2D eigenvalue weighted by molar-refractivity contribution is 9.10.